The number of nitrogens with zero attached hydrogens (tertiary/aromatic N) is 2. The lowest BCUT2D eigenvalue weighted by Crippen LogP contribution is -2.33. The number of rotatable bonds is 4. The van der Waals surface area contributed by atoms with Crippen molar-refractivity contribution < 1.29 is 22.2 Å². The van der Waals surface area contributed by atoms with Crippen molar-refractivity contribution in [1.82, 2.24) is 4.98 Å². The fraction of sp³-hybridized carbons (Fsp3) is 0.391. The minimum absolute atomic E-state index is 0.0189. The van der Waals surface area contributed by atoms with Crippen LogP contribution in [0, 0.1) is 5.41 Å². The summed E-state index contributed by atoms with van der Waals surface area (Å²) in [6.45, 7) is 8.69. The van der Waals surface area contributed by atoms with Crippen molar-refractivity contribution in [1.29, 1.82) is 0 Å². The Morgan fingerprint density at radius 1 is 1.18 bits per heavy atom. The minimum Gasteiger partial charge on any atom is -0.422 e. The molecule has 1 atom stereocenters. The standard InChI is InChI=1S/C23H26Cl2N2O5S2/c1-22(2,3)21(28)32-19-17-14(9-8-12-26-17)23(4,5)33(29)20(19)13-10-11-15(24)18(16(13)25)27(6)34(7,30)31/h8-12H,1-7H3. The normalized spacial score (nSPS) is 17.9. The van der Waals surface area contributed by atoms with Crippen LogP contribution in [0.15, 0.2) is 30.5 Å². The second kappa shape index (κ2) is 8.93. The van der Waals surface area contributed by atoms with Crippen LogP contribution in [-0.4, -0.2) is 36.9 Å². The van der Waals surface area contributed by atoms with E-state index in [1.54, 1.807) is 52.9 Å². The molecule has 1 unspecified atom stereocenters. The smallest absolute Gasteiger partial charge is 0.316 e. The van der Waals surface area contributed by atoms with E-state index in [0.717, 1.165) is 10.6 Å². The van der Waals surface area contributed by atoms with Gasteiger partial charge in [-0.3, -0.25) is 18.3 Å². The molecular weight excluding hydrogens is 519 g/mol. The van der Waals surface area contributed by atoms with Crippen LogP contribution in [0.25, 0.3) is 10.7 Å². The molecule has 1 aromatic heterocycles. The van der Waals surface area contributed by atoms with E-state index in [0.29, 0.717) is 11.3 Å². The first-order valence-corrected chi connectivity index (χ1v) is 14.0. The number of sulfonamides is 1. The first-order chi connectivity index (χ1) is 15.5. The van der Waals surface area contributed by atoms with Crippen molar-refractivity contribution in [3.05, 3.63) is 57.3 Å². The van der Waals surface area contributed by atoms with Gasteiger partial charge in [0.2, 0.25) is 10.0 Å². The number of esters is 1. The maximum Gasteiger partial charge on any atom is 0.316 e. The summed E-state index contributed by atoms with van der Waals surface area (Å²) in [4.78, 5) is 17.5. The van der Waals surface area contributed by atoms with Gasteiger partial charge < -0.3 is 4.74 Å². The maximum atomic E-state index is 14.0. The third-order valence-electron chi connectivity index (χ3n) is 5.46. The second-order valence-electron chi connectivity index (χ2n) is 9.46. The Morgan fingerprint density at radius 2 is 1.79 bits per heavy atom. The number of hydrogen-bond acceptors (Lipinski definition) is 6. The number of pyridine rings is 1. The van der Waals surface area contributed by atoms with Gasteiger partial charge in [0, 0.05) is 24.4 Å². The fourth-order valence-corrected chi connectivity index (χ4v) is 6.30. The van der Waals surface area contributed by atoms with Crippen LogP contribution in [0.1, 0.15) is 51.4 Å². The van der Waals surface area contributed by atoms with Gasteiger partial charge >= 0.3 is 5.97 Å². The first kappa shape index (κ1) is 26.7. The lowest BCUT2D eigenvalue weighted by Gasteiger charge is -2.34. The Labute approximate surface area is 212 Å². The van der Waals surface area contributed by atoms with E-state index in [2.05, 4.69) is 4.98 Å². The van der Waals surface area contributed by atoms with E-state index >= 15 is 0 Å². The third-order valence-corrected chi connectivity index (χ3v) is 9.25. The zero-order valence-electron chi connectivity index (χ0n) is 19.9. The Bertz CT molecular complexity index is 1350. The van der Waals surface area contributed by atoms with E-state index < -0.39 is 37.0 Å². The third kappa shape index (κ3) is 4.63. The monoisotopic (exact) mass is 544 g/mol. The van der Waals surface area contributed by atoms with Gasteiger partial charge in [0.25, 0.3) is 0 Å². The summed E-state index contributed by atoms with van der Waals surface area (Å²) in [6, 6.07) is 6.51. The van der Waals surface area contributed by atoms with Gasteiger partial charge in [0.05, 0.1) is 47.9 Å². The molecule has 1 aliphatic rings. The molecule has 3 rings (SSSR count). The van der Waals surface area contributed by atoms with E-state index in [-0.39, 0.29) is 32.0 Å². The number of carbonyl (C=O) groups is 1. The van der Waals surface area contributed by atoms with Crippen LogP contribution >= 0.6 is 23.2 Å². The largest absolute Gasteiger partial charge is 0.422 e. The number of ether oxygens (including phenoxy) is 1. The molecule has 0 spiro atoms. The number of fused-ring (bicyclic) bond motifs is 1. The van der Waals surface area contributed by atoms with Gasteiger partial charge in [0.15, 0.2) is 5.76 Å². The van der Waals surface area contributed by atoms with Gasteiger partial charge in [-0.25, -0.2) is 8.42 Å². The lowest BCUT2D eigenvalue weighted by molar-refractivity contribution is -0.145. The molecule has 2 aromatic rings. The van der Waals surface area contributed by atoms with Crippen molar-refractivity contribution in [2.75, 3.05) is 17.6 Å². The van der Waals surface area contributed by atoms with E-state index in [1.165, 1.54) is 19.2 Å². The molecule has 0 saturated carbocycles. The molecule has 7 nitrogen and oxygen atoms in total. The maximum absolute atomic E-state index is 14.0. The summed E-state index contributed by atoms with van der Waals surface area (Å²) in [6.07, 6.45) is 2.57. The predicted octanol–water partition coefficient (Wildman–Crippen LogP) is 5.20. The summed E-state index contributed by atoms with van der Waals surface area (Å²) in [5.41, 5.74) is 0.415. The van der Waals surface area contributed by atoms with E-state index in [4.69, 9.17) is 27.9 Å². The summed E-state index contributed by atoms with van der Waals surface area (Å²) in [7, 11) is -4.16. The zero-order valence-corrected chi connectivity index (χ0v) is 23.0. The fourth-order valence-electron chi connectivity index (χ4n) is 3.35. The summed E-state index contributed by atoms with van der Waals surface area (Å²) >= 11 is 13.0. The molecule has 184 valence electrons. The Kier molecular flexibility index (Phi) is 7.00. The number of benzene rings is 1. The zero-order chi connectivity index (χ0) is 25.8. The number of hydrogen-bond donors (Lipinski definition) is 0. The SMILES string of the molecule is CN(c1c(Cl)ccc(C2=C(OC(=O)C(C)(C)C)c3ncccc3C(C)(C)S2=O)c1Cl)S(C)(=O)=O. The highest BCUT2D eigenvalue weighted by atomic mass is 35.5. The average molecular weight is 546 g/mol. The van der Waals surface area contributed by atoms with Crippen molar-refractivity contribution >= 4 is 66.3 Å². The predicted molar refractivity (Wildman–Crippen MR) is 137 cm³/mol. The summed E-state index contributed by atoms with van der Waals surface area (Å²) in [5.74, 6) is -0.530. The van der Waals surface area contributed by atoms with Crippen molar-refractivity contribution in [3.8, 4) is 0 Å². The van der Waals surface area contributed by atoms with Crippen molar-refractivity contribution in [2.45, 2.75) is 39.4 Å². The summed E-state index contributed by atoms with van der Waals surface area (Å²) in [5, 5.41) is 0.0538. The van der Waals surface area contributed by atoms with Crippen LogP contribution in [0.5, 0.6) is 0 Å². The second-order valence-corrected chi connectivity index (χ2v) is 14.2. The van der Waals surface area contributed by atoms with Crippen molar-refractivity contribution in [3.63, 3.8) is 0 Å². The number of aromatic nitrogens is 1. The van der Waals surface area contributed by atoms with E-state index in [9.17, 15) is 17.4 Å². The quantitative estimate of drug-likeness (QED) is 0.491. The highest BCUT2D eigenvalue weighted by Gasteiger charge is 2.44. The average Bonchev–Trinajstić information content (AvgIpc) is 2.72. The molecule has 1 aromatic carbocycles. The highest BCUT2D eigenvalue weighted by Crippen LogP contribution is 2.50. The number of halogens is 2. The van der Waals surface area contributed by atoms with Crippen LogP contribution < -0.4 is 4.31 Å². The van der Waals surface area contributed by atoms with Gasteiger partial charge in [-0.15, -0.1) is 0 Å². The Morgan fingerprint density at radius 3 is 2.35 bits per heavy atom. The molecule has 1 aliphatic heterocycles. The molecule has 0 N–H and O–H groups in total. The van der Waals surface area contributed by atoms with Gasteiger partial charge in [-0.2, -0.15) is 0 Å². The van der Waals surface area contributed by atoms with Gasteiger partial charge in [0.1, 0.15) is 5.69 Å². The molecular formula is C23H26Cl2N2O5S2. The van der Waals surface area contributed by atoms with Crippen LogP contribution in [-0.2, 0) is 35.1 Å². The van der Waals surface area contributed by atoms with Crippen molar-refractivity contribution in [2.24, 2.45) is 5.41 Å². The topological polar surface area (TPSA) is 93.6 Å². The van der Waals surface area contributed by atoms with Crippen LogP contribution in [0.2, 0.25) is 10.0 Å². The minimum atomic E-state index is -3.71. The highest BCUT2D eigenvalue weighted by molar-refractivity contribution is 7.95. The molecule has 0 bridgehead atoms. The molecule has 0 radical (unpaired) electrons. The van der Waals surface area contributed by atoms with E-state index in [1.807, 2.05) is 0 Å². The Balaban J connectivity index is 2.43. The molecule has 0 fully saturated rings. The molecule has 11 heteroatoms. The van der Waals surface area contributed by atoms with Crippen LogP contribution in [0.4, 0.5) is 5.69 Å². The first-order valence-electron chi connectivity index (χ1n) is 10.3. The molecule has 0 amide bonds. The van der Waals surface area contributed by atoms with Crippen LogP contribution in [0.3, 0.4) is 0 Å². The van der Waals surface area contributed by atoms with Gasteiger partial charge in [-0.05, 0) is 46.8 Å². The molecule has 0 aliphatic carbocycles. The molecule has 0 saturated heterocycles. The number of anilines is 1. The lowest BCUT2D eigenvalue weighted by atomic mass is 9.96. The Hall–Kier alpha value is -1.94. The molecule has 34 heavy (non-hydrogen) atoms. The van der Waals surface area contributed by atoms with Gasteiger partial charge in [-0.1, -0.05) is 35.3 Å². The molecule has 2 heterocycles. The summed E-state index contributed by atoms with van der Waals surface area (Å²) < 4.78 is 44.3. The number of carbonyl (C=O) groups excluding carboxylic acids is 1.